The molecule has 1 atom stereocenters. The lowest BCUT2D eigenvalue weighted by molar-refractivity contribution is 0.194. The molecule has 0 spiro atoms. The van der Waals surface area contributed by atoms with Gasteiger partial charge in [-0.2, -0.15) is 0 Å². The topological polar surface area (TPSA) is 20.2 Å². The Bertz CT molecular complexity index is 513. The lowest BCUT2D eigenvalue weighted by Gasteiger charge is -2.14. The number of halogens is 3. The van der Waals surface area contributed by atoms with Gasteiger partial charge in [0.1, 0.15) is 16.8 Å². The first-order valence-electron chi connectivity index (χ1n) is 4.74. The molecular weight excluding hydrogens is 250 g/mol. The monoisotopic (exact) mass is 258 g/mol. The summed E-state index contributed by atoms with van der Waals surface area (Å²) in [6, 6.07) is 9.69. The second kappa shape index (κ2) is 4.58. The fraction of sp³-hybridized carbons (Fsp3) is 0.167. The molecule has 4 heteroatoms. The van der Waals surface area contributed by atoms with Crippen LogP contribution in [-0.4, -0.2) is 9.94 Å². The summed E-state index contributed by atoms with van der Waals surface area (Å²) in [4.78, 5) is -0.936. The average Bonchev–Trinajstić information content (AvgIpc) is 2.29. The Kier molecular flexibility index (Phi) is 3.33. The zero-order valence-electron chi connectivity index (χ0n) is 8.20. The molecule has 2 aromatic rings. The van der Waals surface area contributed by atoms with Gasteiger partial charge in [-0.05, 0) is 17.0 Å². The molecule has 0 aliphatic carbocycles. The number of hydrogen-bond acceptors (Lipinski definition) is 1. The van der Waals surface area contributed by atoms with E-state index >= 15 is 0 Å². The van der Waals surface area contributed by atoms with E-state index in [0.29, 0.717) is 16.3 Å². The number of rotatable bonds is 2. The third-order valence-electron chi connectivity index (χ3n) is 2.46. The van der Waals surface area contributed by atoms with Gasteiger partial charge in [-0.25, -0.2) is 4.39 Å². The van der Waals surface area contributed by atoms with Gasteiger partial charge >= 0.3 is 0 Å². The van der Waals surface area contributed by atoms with Crippen molar-refractivity contribution in [1.82, 2.24) is 0 Å². The van der Waals surface area contributed by atoms with Crippen molar-refractivity contribution < 1.29 is 9.50 Å². The van der Waals surface area contributed by atoms with Crippen molar-refractivity contribution in [2.75, 3.05) is 0 Å². The highest BCUT2D eigenvalue weighted by Gasteiger charge is 2.18. The van der Waals surface area contributed by atoms with E-state index in [2.05, 4.69) is 0 Å². The van der Waals surface area contributed by atoms with Gasteiger partial charge in [0.05, 0.1) is 0 Å². The van der Waals surface area contributed by atoms with Gasteiger partial charge in [0.2, 0.25) is 0 Å². The molecule has 0 aliphatic rings. The summed E-state index contributed by atoms with van der Waals surface area (Å²) in [5, 5.41) is 10.9. The van der Waals surface area contributed by atoms with Crippen LogP contribution in [0, 0.1) is 5.82 Å². The zero-order valence-corrected chi connectivity index (χ0v) is 9.71. The summed E-state index contributed by atoms with van der Waals surface area (Å²) in [5.74, 6) is -0.327. The number of fused-ring (bicyclic) bond motifs is 1. The molecule has 0 aromatic heterocycles. The molecular formula is C12H9Cl2FO. The largest absolute Gasteiger partial charge is 0.386 e. The van der Waals surface area contributed by atoms with Crippen LogP contribution in [0.5, 0.6) is 0 Å². The number of alkyl halides is 2. The van der Waals surface area contributed by atoms with Crippen molar-refractivity contribution in [1.29, 1.82) is 0 Å². The first-order chi connectivity index (χ1) is 7.61. The normalized spacial score (nSPS) is 13.3. The van der Waals surface area contributed by atoms with Crippen LogP contribution >= 0.6 is 23.2 Å². The van der Waals surface area contributed by atoms with Gasteiger partial charge in [-0.15, -0.1) is 23.2 Å². The quantitative estimate of drug-likeness (QED) is 0.813. The Morgan fingerprint density at radius 1 is 1.00 bits per heavy atom. The van der Waals surface area contributed by atoms with Crippen molar-refractivity contribution in [2.45, 2.75) is 10.9 Å². The molecule has 2 aromatic carbocycles. The van der Waals surface area contributed by atoms with Crippen LogP contribution in [-0.2, 0) is 0 Å². The number of hydrogen-bond donors (Lipinski definition) is 1. The average molecular weight is 259 g/mol. The minimum atomic E-state index is -1.02. The van der Waals surface area contributed by atoms with Crippen molar-refractivity contribution >= 4 is 34.0 Å². The molecule has 16 heavy (non-hydrogen) atoms. The Morgan fingerprint density at radius 2 is 1.62 bits per heavy atom. The molecule has 0 fully saturated rings. The van der Waals surface area contributed by atoms with Crippen molar-refractivity contribution in [3.8, 4) is 0 Å². The van der Waals surface area contributed by atoms with E-state index < -0.39 is 10.9 Å². The molecule has 0 bridgehead atoms. The summed E-state index contributed by atoms with van der Waals surface area (Å²) in [7, 11) is 0. The summed E-state index contributed by atoms with van der Waals surface area (Å²) in [6.45, 7) is 0. The molecule has 0 amide bonds. The van der Waals surface area contributed by atoms with E-state index in [4.69, 9.17) is 23.2 Å². The Hall–Kier alpha value is -0.830. The molecule has 84 valence electrons. The highest BCUT2D eigenvalue weighted by Crippen LogP contribution is 2.31. The molecule has 1 nitrogen and oxygen atoms in total. The maximum atomic E-state index is 13.5. The van der Waals surface area contributed by atoms with Crippen LogP contribution in [0.15, 0.2) is 36.4 Å². The predicted molar refractivity (Wildman–Crippen MR) is 64.4 cm³/mol. The number of aliphatic hydroxyl groups excluding tert-OH is 1. The first kappa shape index (κ1) is 11.6. The Labute approximate surface area is 102 Å². The van der Waals surface area contributed by atoms with Gasteiger partial charge in [0, 0.05) is 5.39 Å². The highest BCUT2D eigenvalue weighted by molar-refractivity contribution is 6.44. The molecule has 2 rings (SSSR count). The lowest BCUT2D eigenvalue weighted by Crippen LogP contribution is -2.06. The van der Waals surface area contributed by atoms with E-state index in [1.54, 1.807) is 24.3 Å². The van der Waals surface area contributed by atoms with Gasteiger partial charge in [-0.3, -0.25) is 0 Å². The van der Waals surface area contributed by atoms with Crippen LogP contribution in [0.1, 0.15) is 11.7 Å². The van der Waals surface area contributed by atoms with Crippen molar-refractivity contribution in [3.63, 3.8) is 0 Å². The molecule has 0 saturated heterocycles. The van der Waals surface area contributed by atoms with Gasteiger partial charge in [-0.1, -0.05) is 30.3 Å². The van der Waals surface area contributed by atoms with Crippen molar-refractivity contribution in [2.24, 2.45) is 0 Å². The second-order valence-corrected chi connectivity index (χ2v) is 4.63. The Balaban J connectivity index is 2.67. The minimum absolute atomic E-state index is 0.327. The van der Waals surface area contributed by atoms with Crippen LogP contribution in [0.2, 0.25) is 0 Å². The molecule has 0 heterocycles. The van der Waals surface area contributed by atoms with E-state index in [9.17, 15) is 9.50 Å². The smallest absolute Gasteiger partial charge is 0.137 e. The van der Waals surface area contributed by atoms with E-state index in [1.807, 2.05) is 0 Å². The maximum Gasteiger partial charge on any atom is 0.137 e. The SMILES string of the molecule is OC(c1ccc(F)c2ccccc12)C(Cl)Cl. The van der Waals surface area contributed by atoms with E-state index in [0.717, 1.165) is 0 Å². The summed E-state index contributed by atoms with van der Waals surface area (Å²) in [6.07, 6.45) is -1.02. The summed E-state index contributed by atoms with van der Waals surface area (Å²) in [5.41, 5.74) is 0.534. The van der Waals surface area contributed by atoms with Crippen LogP contribution < -0.4 is 0 Å². The molecule has 0 saturated carbocycles. The van der Waals surface area contributed by atoms with Gasteiger partial charge < -0.3 is 5.11 Å². The van der Waals surface area contributed by atoms with E-state index in [1.165, 1.54) is 12.1 Å². The zero-order chi connectivity index (χ0) is 11.7. The standard InChI is InChI=1S/C12H9Cl2FO/c13-12(14)11(16)9-5-6-10(15)8-4-2-1-3-7(8)9/h1-6,11-12,16H. The lowest BCUT2D eigenvalue weighted by atomic mass is 10.0. The van der Waals surface area contributed by atoms with Crippen LogP contribution in [0.4, 0.5) is 4.39 Å². The first-order valence-corrected chi connectivity index (χ1v) is 5.62. The molecule has 0 radical (unpaired) electrons. The van der Waals surface area contributed by atoms with Gasteiger partial charge in [0.15, 0.2) is 0 Å². The fourth-order valence-corrected chi connectivity index (χ4v) is 1.95. The van der Waals surface area contributed by atoms with Crippen molar-refractivity contribution in [3.05, 3.63) is 47.8 Å². The maximum absolute atomic E-state index is 13.5. The third kappa shape index (κ3) is 2.01. The van der Waals surface area contributed by atoms with Crippen LogP contribution in [0.3, 0.4) is 0 Å². The summed E-state index contributed by atoms with van der Waals surface area (Å²) >= 11 is 11.2. The summed E-state index contributed by atoms with van der Waals surface area (Å²) < 4.78 is 13.5. The molecule has 1 N–H and O–H groups in total. The second-order valence-electron chi connectivity index (χ2n) is 3.46. The fourth-order valence-electron chi connectivity index (χ4n) is 1.68. The molecule has 0 aliphatic heterocycles. The van der Waals surface area contributed by atoms with E-state index in [-0.39, 0.29) is 5.82 Å². The van der Waals surface area contributed by atoms with Crippen LogP contribution in [0.25, 0.3) is 10.8 Å². The third-order valence-corrected chi connectivity index (χ3v) is 2.94. The highest BCUT2D eigenvalue weighted by atomic mass is 35.5. The predicted octanol–water partition coefficient (Wildman–Crippen LogP) is 3.82. The minimum Gasteiger partial charge on any atom is -0.386 e. The van der Waals surface area contributed by atoms with Gasteiger partial charge in [0.25, 0.3) is 0 Å². The Morgan fingerprint density at radius 3 is 2.25 bits per heavy atom. The number of aliphatic hydroxyl groups is 1. The molecule has 1 unspecified atom stereocenters. The number of benzene rings is 2.